The lowest BCUT2D eigenvalue weighted by Crippen LogP contribution is -2.20. The van der Waals surface area contributed by atoms with E-state index >= 15 is 0 Å². The van der Waals surface area contributed by atoms with Crippen molar-refractivity contribution < 1.29 is 4.79 Å². The first-order valence-electron chi connectivity index (χ1n) is 6.16. The molecule has 2 aromatic rings. The van der Waals surface area contributed by atoms with Crippen LogP contribution >= 0.6 is 11.6 Å². The van der Waals surface area contributed by atoms with Crippen molar-refractivity contribution in [2.45, 2.75) is 13.3 Å². The molecule has 2 rings (SSSR count). The standard InChI is InChI=1S/C16H16ClNO/c1-11-3-8-15(12-4-6-14(17)7-5-12)13(9-11)10-16(19)18-2/h3-9H,10H2,1-2H3,(H,18,19). The van der Waals surface area contributed by atoms with Gasteiger partial charge in [-0.15, -0.1) is 0 Å². The van der Waals surface area contributed by atoms with Crippen molar-refractivity contribution in [3.8, 4) is 11.1 Å². The van der Waals surface area contributed by atoms with E-state index in [2.05, 4.69) is 23.5 Å². The molecule has 0 aliphatic rings. The van der Waals surface area contributed by atoms with Gasteiger partial charge in [-0.1, -0.05) is 47.5 Å². The molecule has 0 heterocycles. The summed E-state index contributed by atoms with van der Waals surface area (Å²) in [6.07, 6.45) is 0.385. The predicted molar refractivity (Wildman–Crippen MR) is 79.4 cm³/mol. The number of nitrogens with one attached hydrogen (secondary N) is 1. The summed E-state index contributed by atoms with van der Waals surface area (Å²) in [5, 5.41) is 3.37. The van der Waals surface area contributed by atoms with E-state index in [0.717, 1.165) is 22.3 Å². The number of hydrogen-bond donors (Lipinski definition) is 1. The van der Waals surface area contributed by atoms with Crippen molar-refractivity contribution in [3.63, 3.8) is 0 Å². The van der Waals surface area contributed by atoms with Crippen molar-refractivity contribution in [2.75, 3.05) is 7.05 Å². The molecule has 1 N–H and O–H groups in total. The van der Waals surface area contributed by atoms with Crippen LogP contribution in [0.25, 0.3) is 11.1 Å². The highest BCUT2D eigenvalue weighted by molar-refractivity contribution is 6.30. The third kappa shape index (κ3) is 3.36. The Kier molecular flexibility index (Phi) is 4.23. The summed E-state index contributed by atoms with van der Waals surface area (Å²) < 4.78 is 0. The molecule has 0 spiro atoms. The lowest BCUT2D eigenvalue weighted by Gasteiger charge is -2.10. The normalized spacial score (nSPS) is 10.3. The van der Waals surface area contributed by atoms with Gasteiger partial charge in [-0.05, 0) is 35.7 Å². The van der Waals surface area contributed by atoms with Crippen LogP contribution in [-0.4, -0.2) is 13.0 Å². The van der Waals surface area contributed by atoms with Gasteiger partial charge in [0, 0.05) is 12.1 Å². The number of carbonyl (C=O) groups excluding carboxylic acids is 1. The van der Waals surface area contributed by atoms with Gasteiger partial charge in [0.25, 0.3) is 0 Å². The van der Waals surface area contributed by atoms with Crippen LogP contribution in [0, 0.1) is 6.92 Å². The van der Waals surface area contributed by atoms with Gasteiger partial charge in [0.05, 0.1) is 6.42 Å². The smallest absolute Gasteiger partial charge is 0.224 e. The lowest BCUT2D eigenvalue weighted by atomic mass is 9.96. The van der Waals surface area contributed by atoms with Crippen LogP contribution < -0.4 is 5.32 Å². The molecule has 19 heavy (non-hydrogen) atoms. The average molecular weight is 274 g/mol. The molecule has 0 fully saturated rings. The Morgan fingerprint density at radius 3 is 2.47 bits per heavy atom. The molecule has 0 aromatic heterocycles. The largest absolute Gasteiger partial charge is 0.359 e. The second kappa shape index (κ2) is 5.89. The fraction of sp³-hybridized carbons (Fsp3) is 0.188. The summed E-state index contributed by atoms with van der Waals surface area (Å²) in [6.45, 7) is 2.03. The minimum atomic E-state index is 0.0146. The van der Waals surface area contributed by atoms with Gasteiger partial charge in [0.2, 0.25) is 5.91 Å². The van der Waals surface area contributed by atoms with Crippen molar-refractivity contribution in [2.24, 2.45) is 0 Å². The average Bonchev–Trinajstić information content (AvgIpc) is 2.40. The maximum atomic E-state index is 11.6. The van der Waals surface area contributed by atoms with Crippen LogP contribution in [-0.2, 0) is 11.2 Å². The number of carbonyl (C=O) groups is 1. The number of aryl methyl sites for hydroxylation is 1. The summed E-state index contributed by atoms with van der Waals surface area (Å²) in [7, 11) is 1.65. The Bertz CT molecular complexity index is 590. The quantitative estimate of drug-likeness (QED) is 0.909. The molecule has 0 bridgehead atoms. The molecule has 0 unspecified atom stereocenters. The van der Waals surface area contributed by atoms with Gasteiger partial charge in [-0.2, -0.15) is 0 Å². The van der Waals surface area contributed by atoms with Crippen molar-refractivity contribution in [1.29, 1.82) is 0 Å². The van der Waals surface area contributed by atoms with Crippen LogP contribution in [0.5, 0.6) is 0 Å². The molecular formula is C16H16ClNO. The molecule has 0 saturated carbocycles. The zero-order valence-corrected chi connectivity index (χ0v) is 11.8. The monoisotopic (exact) mass is 273 g/mol. The third-order valence-electron chi connectivity index (χ3n) is 3.05. The summed E-state index contributed by atoms with van der Waals surface area (Å²) in [5.74, 6) is 0.0146. The van der Waals surface area contributed by atoms with Crippen molar-refractivity contribution in [3.05, 3.63) is 58.6 Å². The molecule has 3 heteroatoms. The van der Waals surface area contributed by atoms with E-state index in [9.17, 15) is 4.79 Å². The molecule has 2 aromatic carbocycles. The first-order valence-corrected chi connectivity index (χ1v) is 6.54. The number of benzene rings is 2. The fourth-order valence-corrected chi connectivity index (χ4v) is 2.17. The second-order valence-corrected chi connectivity index (χ2v) is 4.95. The molecule has 2 nitrogen and oxygen atoms in total. The van der Waals surface area contributed by atoms with Gasteiger partial charge < -0.3 is 5.32 Å². The number of rotatable bonds is 3. The van der Waals surface area contributed by atoms with Crippen LogP contribution in [0.2, 0.25) is 5.02 Å². The van der Waals surface area contributed by atoms with Crippen LogP contribution in [0.1, 0.15) is 11.1 Å². The molecule has 1 amide bonds. The van der Waals surface area contributed by atoms with E-state index in [0.29, 0.717) is 11.4 Å². The lowest BCUT2D eigenvalue weighted by molar-refractivity contribution is -0.119. The zero-order valence-electron chi connectivity index (χ0n) is 11.0. The predicted octanol–water partition coefficient (Wildman–Crippen LogP) is 3.60. The van der Waals surface area contributed by atoms with E-state index < -0.39 is 0 Å². The van der Waals surface area contributed by atoms with Gasteiger partial charge >= 0.3 is 0 Å². The maximum absolute atomic E-state index is 11.6. The Morgan fingerprint density at radius 1 is 1.16 bits per heavy atom. The van der Waals surface area contributed by atoms with Crippen LogP contribution in [0.3, 0.4) is 0 Å². The maximum Gasteiger partial charge on any atom is 0.224 e. The van der Waals surface area contributed by atoms with Gasteiger partial charge in [0.1, 0.15) is 0 Å². The molecule has 0 radical (unpaired) electrons. The third-order valence-corrected chi connectivity index (χ3v) is 3.30. The van der Waals surface area contributed by atoms with E-state index in [1.165, 1.54) is 0 Å². The first-order chi connectivity index (χ1) is 9.10. The number of amides is 1. The summed E-state index contributed by atoms with van der Waals surface area (Å²) in [4.78, 5) is 11.6. The minimum absolute atomic E-state index is 0.0146. The summed E-state index contributed by atoms with van der Waals surface area (Å²) >= 11 is 5.91. The topological polar surface area (TPSA) is 29.1 Å². The minimum Gasteiger partial charge on any atom is -0.359 e. The summed E-state index contributed by atoms with van der Waals surface area (Å²) in [6, 6.07) is 13.8. The Hall–Kier alpha value is -1.80. The molecule has 0 aliphatic heterocycles. The number of likely N-dealkylation sites (N-methyl/N-ethyl adjacent to an activating group) is 1. The molecule has 0 saturated heterocycles. The SMILES string of the molecule is CNC(=O)Cc1cc(C)ccc1-c1ccc(Cl)cc1. The highest BCUT2D eigenvalue weighted by atomic mass is 35.5. The van der Waals surface area contributed by atoms with Gasteiger partial charge in [-0.25, -0.2) is 0 Å². The Morgan fingerprint density at radius 2 is 1.84 bits per heavy atom. The molecule has 98 valence electrons. The van der Waals surface area contributed by atoms with E-state index in [4.69, 9.17) is 11.6 Å². The number of hydrogen-bond acceptors (Lipinski definition) is 1. The van der Waals surface area contributed by atoms with Crippen molar-refractivity contribution >= 4 is 17.5 Å². The highest BCUT2D eigenvalue weighted by Crippen LogP contribution is 2.26. The van der Waals surface area contributed by atoms with Gasteiger partial charge in [0.15, 0.2) is 0 Å². The van der Waals surface area contributed by atoms with E-state index in [-0.39, 0.29) is 5.91 Å². The second-order valence-electron chi connectivity index (χ2n) is 4.52. The molecule has 0 atom stereocenters. The summed E-state index contributed by atoms with van der Waals surface area (Å²) in [5.41, 5.74) is 4.33. The Labute approximate surface area is 118 Å². The Balaban J connectivity index is 2.44. The van der Waals surface area contributed by atoms with Gasteiger partial charge in [-0.3, -0.25) is 4.79 Å². The first kappa shape index (κ1) is 13.6. The number of halogens is 1. The zero-order chi connectivity index (χ0) is 13.8. The molecular weight excluding hydrogens is 258 g/mol. The van der Waals surface area contributed by atoms with E-state index in [1.54, 1.807) is 7.05 Å². The van der Waals surface area contributed by atoms with E-state index in [1.807, 2.05) is 31.2 Å². The molecule has 0 aliphatic carbocycles. The fourth-order valence-electron chi connectivity index (χ4n) is 2.04. The highest BCUT2D eigenvalue weighted by Gasteiger charge is 2.09. The van der Waals surface area contributed by atoms with Crippen LogP contribution in [0.4, 0.5) is 0 Å². The van der Waals surface area contributed by atoms with Crippen molar-refractivity contribution in [1.82, 2.24) is 5.32 Å². The van der Waals surface area contributed by atoms with Crippen LogP contribution in [0.15, 0.2) is 42.5 Å².